The van der Waals surface area contributed by atoms with E-state index in [9.17, 15) is 9.18 Å². The number of halogens is 1. The highest BCUT2D eigenvalue weighted by Gasteiger charge is 2.14. The summed E-state index contributed by atoms with van der Waals surface area (Å²) in [6.07, 6.45) is 3.83. The number of hydrogen-bond donors (Lipinski definition) is 1. The predicted octanol–water partition coefficient (Wildman–Crippen LogP) is 6.13. The maximum atomic E-state index is 14.5. The van der Waals surface area contributed by atoms with Crippen molar-refractivity contribution in [2.45, 2.75) is 47.6 Å². The van der Waals surface area contributed by atoms with Crippen molar-refractivity contribution in [3.05, 3.63) is 64.6 Å². The first-order valence-corrected chi connectivity index (χ1v) is 8.70. The van der Waals surface area contributed by atoms with E-state index in [0.717, 1.165) is 22.5 Å². The van der Waals surface area contributed by atoms with Gasteiger partial charge in [-0.2, -0.15) is 0 Å². The number of benzene rings is 1. The molecule has 0 atom stereocenters. The third-order valence-corrected chi connectivity index (χ3v) is 4.72. The summed E-state index contributed by atoms with van der Waals surface area (Å²) in [4.78, 5) is 10.6. The van der Waals surface area contributed by atoms with Crippen LogP contribution in [0, 0.1) is 13.8 Å². The SMILES string of the molecule is CC(/C=C/C(F)=C(/C)c1ccc2c(c1)c(C)c(C)n2C(C)C)=C\C(=O)O. The highest BCUT2D eigenvalue weighted by atomic mass is 19.1. The molecule has 0 spiro atoms. The molecule has 1 heterocycles. The summed E-state index contributed by atoms with van der Waals surface area (Å²) in [6, 6.07) is 6.36. The zero-order valence-corrected chi connectivity index (χ0v) is 16.2. The molecule has 0 unspecified atom stereocenters. The number of aliphatic carboxylic acids is 1. The first kappa shape index (κ1) is 19.7. The average Bonchev–Trinajstić information content (AvgIpc) is 2.82. The van der Waals surface area contributed by atoms with Crippen molar-refractivity contribution >= 4 is 22.4 Å². The normalized spacial score (nSPS) is 13.8. The van der Waals surface area contributed by atoms with Crippen LogP contribution in [0.3, 0.4) is 0 Å². The Morgan fingerprint density at radius 2 is 1.85 bits per heavy atom. The van der Waals surface area contributed by atoms with E-state index < -0.39 is 5.97 Å². The van der Waals surface area contributed by atoms with E-state index in [1.165, 1.54) is 23.4 Å². The molecule has 2 rings (SSSR count). The van der Waals surface area contributed by atoms with Crippen molar-refractivity contribution in [1.29, 1.82) is 0 Å². The first-order valence-electron chi connectivity index (χ1n) is 8.70. The fourth-order valence-electron chi connectivity index (χ4n) is 3.21. The average molecular weight is 355 g/mol. The summed E-state index contributed by atoms with van der Waals surface area (Å²) in [5, 5.41) is 9.84. The molecule has 26 heavy (non-hydrogen) atoms. The number of hydrogen-bond acceptors (Lipinski definition) is 1. The highest BCUT2D eigenvalue weighted by molar-refractivity contribution is 5.89. The zero-order valence-electron chi connectivity index (χ0n) is 16.2. The van der Waals surface area contributed by atoms with Crippen LogP contribution in [0.2, 0.25) is 0 Å². The molecule has 0 amide bonds. The fraction of sp³-hybridized carbons (Fsp3) is 0.318. The van der Waals surface area contributed by atoms with Gasteiger partial charge in [0.15, 0.2) is 0 Å². The van der Waals surface area contributed by atoms with Crippen LogP contribution >= 0.6 is 0 Å². The van der Waals surface area contributed by atoms with E-state index in [1.807, 2.05) is 18.2 Å². The Hall–Kier alpha value is -2.62. The Kier molecular flexibility index (Phi) is 5.86. The van der Waals surface area contributed by atoms with Gasteiger partial charge in [-0.05, 0) is 82.0 Å². The lowest BCUT2D eigenvalue weighted by atomic mass is 10.0. The fourth-order valence-corrected chi connectivity index (χ4v) is 3.21. The number of aromatic nitrogens is 1. The lowest BCUT2D eigenvalue weighted by Crippen LogP contribution is -2.02. The minimum atomic E-state index is -1.04. The molecule has 138 valence electrons. The molecule has 0 fully saturated rings. The maximum Gasteiger partial charge on any atom is 0.328 e. The second kappa shape index (κ2) is 7.73. The van der Waals surface area contributed by atoms with Crippen LogP contribution in [-0.2, 0) is 4.79 Å². The summed E-state index contributed by atoms with van der Waals surface area (Å²) < 4.78 is 16.8. The molecule has 0 aliphatic carbocycles. The lowest BCUT2D eigenvalue weighted by Gasteiger charge is -2.12. The molecule has 0 saturated heterocycles. The van der Waals surface area contributed by atoms with Crippen molar-refractivity contribution in [2.24, 2.45) is 0 Å². The maximum absolute atomic E-state index is 14.5. The number of fused-ring (bicyclic) bond motifs is 1. The van der Waals surface area contributed by atoms with Crippen LogP contribution in [0.4, 0.5) is 4.39 Å². The van der Waals surface area contributed by atoms with Crippen molar-refractivity contribution in [1.82, 2.24) is 4.57 Å². The summed E-state index contributed by atoms with van der Waals surface area (Å²) in [5.41, 5.74) is 5.42. The number of carbonyl (C=O) groups is 1. The molecule has 0 aliphatic rings. The molecule has 3 nitrogen and oxygen atoms in total. The van der Waals surface area contributed by atoms with E-state index in [2.05, 4.69) is 32.3 Å². The van der Waals surface area contributed by atoms with Gasteiger partial charge in [0.1, 0.15) is 5.83 Å². The number of aryl methyl sites for hydroxylation is 1. The van der Waals surface area contributed by atoms with Crippen molar-refractivity contribution in [2.75, 3.05) is 0 Å². The van der Waals surface area contributed by atoms with Crippen molar-refractivity contribution in [3.8, 4) is 0 Å². The molecule has 0 aliphatic heterocycles. The minimum Gasteiger partial charge on any atom is -0.478 e. The third-order valence-electron chi connectivity index (χ3n) is 4.72. The smallest absolute Gasteiger partial charge is 0.328 e. The zero-order chi connectivity index (χ0) is 19.6. The van der Waals surface area contributed by atoms with Gasteiger partial charge in [-0.1, -0.05) is 12.1 Å². The first-order chi connectivity index (χ1) is 12.1. The van der Waals surface area contributed by atoms with Gasteiger partial charge >= 0.3 is 5.97 Å². The Morgan fingerprint density at radius 1 is 1.19 bits per heavy atom. The molecule has 4 heteroatoms. The van der Waals surface area contributed by atoms with Crippen LogP contribution < -0.4 is 0 Å². The topological polar surface area (TPSA) is 42.2 Å². The number of nitrogens with zero attached hydrogens (tertiary/aromatic N) is 1. The lowest BCUT2D eigenvalue weighted by molar-refractivity contribution is -0.131. The molecule has 0 bridgehead atoms. The molecule has 1 N–H and O–H groups in total. The van der Waals surface area contributed by atoms with Gasteiger partial charge < -0.3 is 9.67 Å². The molecule has 1 aromatic carbocycles. The summed E-state index contributed by atoms with van der Waals surface area (Å²) >= 11 is 0. The summed E-state index contributed by atoms with van der Waals surface area (Å²) in [6.45, 7) is 11.9. The van der Waals surface area contributed by atoms with Gasteiger partial charge in [-0.25, -0.2) is 9.18 Å². The van der Waals surface area contributed by atoms with Crippen LogP contribution in [0.1, 0.15) is 50.6 Å². The number of carboxylic acid groups (broad SMARTS) is 1. The third kappa shape index (κ3) is 3.96. The minimum absolute atomic E-state index is 0.359. The van der Waals surface area contributed by atoms with Crippen LogP contribution in [0.15, 0.2) is 47.8 Å². The van der Waals surface area contributed by atoms with Crippen LogP contribution in [-0.4, -0.2) is 15.6 Å². The van der Waals surface area contributed by atoms with Crippen LogP contribution in [0.25, 0.3) is 16.5 Å². The molecular weight excluding hydrogens is 329 g/mol. The van der Waals surface area contributed by atoms with Gasteiger partial charge in [0, 0.05) is 28.7 Å². The highest BCUT2D eigenvalue weighted by Crippen LogP contribution is 2.31. The van der Waals surface area contributed by atoms with Crippen LogP contribution in [0.5, 0.6) is 0 Å². The van der Waals surface area contributed by atoms with E-state index in [1.54, 1.807) is 13.8 Å². The van der Waals surface area contributed by atoms with Crippen molar-refractivity contribution in [3.63, 3.8) is 0 Å². The molecule has 1 aromatic heterocycles. The Bertz CT molecular complexity index is 943. The van der Waals surface area contributed by atoms with E-state index >= 15 is 0 Å². The standard InChI is InChI=1S/C22H26FNO2/c1-13(2)24-17(6)15(4)19-12-18(8-10-21(19)24)16(5)20(23)9-7-14(3)11-22(25)26/h7-13H,1-6H3,(H,25,26)/b9-7+,14-11+,20-16+. The Balaban J connectivity index is 2.48. The van der Waals surface area contributed by atoms with Gasteiger partial charge in [-0.3, -0.25) is 0 Å². The molecule has 2 aromatic rings. The molecular formula is C22H26FNO2. The Labute approximate surface area is 154 Å². The van der Waals surface area contributed by atoms with E-state index in [4.69, 9.17) is 5.11 Å². The molecule has 0 saturated carbocycles. The predicted molar refractivity (Wildman–Crippen MR) is 106 cm³/mol. The largest absolute Gasteiger partial charge is 0.478 e. The van der Waals surface area contributed by atoms with E-state index in [0.29, 0.717) is 17.2 Å². The van der Waals surface area contributed by atoms with Gasteiger partial charge in [0.2, 0.25) is 0 Å². The van der Waals surface area contributed by atoms with Gasteiger partial charge in [0.25, 0.3) is 0 Å². The quantitative estimate of drug-likeness (QED) is 0.518. The van der Waals surface area contributed by atoms with Crippen molar-refractivity contribution < 1.29 is 14.3 Å². The molecule has 0 radical (unpaired) electrons. The second-order valence-electron chi connectivity index (χ2n) is 6.94. The van der Waals surface area contributed by atoms with Gasteiger partial charge in [0.05, 0.1) is 0 Å². The van der Waals surface area contributed by atoms with Gasteiger partial charge in [-0.15, -0.1) is 0 Å². The number of allylic oxidation sites excluding steroid dienone is 5. The second-order valence-corrected chi connectivity index (χ2v) is 6.94. The number of carboxylic acids is 1. The van der Waals surface area contributed by atoms with E-state index in [-0.39, 0.29) is 5.83 Å². The monoisotopic (exact) mass is 355 g/mol. The Morgan fingerprint density at radius 3 is 2.42 bits per heavy atom. The number of rotatable bonds is 5. The summed E-state index contributed by atoms with van der Waals surface area (Å²) in [5.74, 6) is -1.42. The summed E-state index contributed by atoms with van der Waals surface area (Å²) in [7, 11) is 0.